The molecular formula is C18H17Cl2N3O2. The second-order valence-electron chi connectivity index (χ2n) is 5.83. The van der Waals surface area contributed by atoms with Gasteiger partial charge in [-0.25, -0.2) is 4.98 Å². The molecule has 0 aliphatic carbocycles. The zero-order valence-corrected chi connectivity index (χ0v) is 15.5. The summed E-state index contributed by atoms with van der Waals surface area (Å²) in [7, 11) is 0. The zero-order valence-electron chi connectivity index (χ0n) is 14.0. The van der Waals surface area contributed by atoms with E-state index in [-0.39, 0.29) is 11.9 Å². The lowest BCUT2D eigenvalue weighted by atomic mass is 10.2. The number of hydrogen-bond donors (Lipinski definition) is 2. The van der Waals surface area contributed by atoms with E-state index >= 15 is 0 Å². The van der Waals surface area contributed by atoms with Crippen LogP contribution in [0.1, 0.15) is 40.7 Å². The number of furan rings is 1. The molecule has 0 spiro atoms. The van der Waals surface area contributed by atoms with Crippen LogP contribution in [-0.4, -0.2) is 15.9 Å². The van der Waals surface area contributed by atoms with Gasteiger partial charge in [0.2, 0.25) is 0 Å². The standard InChI is InChI=1S/C18H17Cl2N3O2/c1-9-6-13(11(3)25-9)18(24)22-10(2)17-21-8-16(23-17)12-4-5-14(19)15(20)7-12/h4-8,10H,1-3H3,(H,21,23)(H,22,24)/t10-/m0/s1. The molecule has 1 atom stereocenters. The molecule has 0 radical (unpaired) electrons. The summed E-state index contributed by atoms with van der Waals surface area (Å²) >= 11 is 12.0. The van der Waals surface area contributed by atoms with Gasteiger partial charge >= 0.3 is 0 Å². The fourth-order valence-electron chi connectivity index (χ4n) is 2.57. The van der Waals surface area contributed by atoms with Crippen LogP contribution < -0.4 is 5.32 Å². The number of nitrogens with one attached hydrogen (secondary N) is 2. The molecule has 3 aromatic rings. The Bertz CT molecular complexity index is 930. The normalized spacial score (nSPS) is 12.2. The predicted octanol–water partition coefficient (Wildman–Crippen LogP) is 5.08. The topological polar surface area (TPSA) is 70.9 Å². The number of benzene rings is 1. The van der Waals surface area contributed by atoms with E-state index in [9.17, 15) is 4.79 Å². The lowest BCUT2D eigenvalue weighted by Gasteiger charge is -2.11. The summed E-state index contributed by atoms with van der Waals surface area (Å²) < 4.78 is 5.40. The Balaban J connectivity index is 1.76. The molecule has 0 saturated heterocycles. The van der Waals surface area contributed by atoms with Crippen LogP contribution >= 0.6 is 23.2 Å². The van der Waals surface area contributed by atoms with Crippen LogP contribution in [0.4, 0.5) is 0 Å². The molecule has 7 heteroatoms. The van der Waals surface area contributed by atoms with Gasteiger partial charge < -0.3 is 14.7 Å². The van der Waals surface area contributed by atoms with Crippen LogP contribution in [0, 0.1) is 13.8 Å². The molecule has 130 valence electrons. The van der Waals surface area contributed by atoms with Gasteiger partial charge in [0.15, 0.2) is 0 Å². The molecule has 0 aliphatic rings. The van der Waals surface area contributed by atoms with Crippen molar-refractivity contribution in [2.24, 2.45) is 0 Å². The third kappa shape index (κ3) is 3.72. The van der Waals surface area contributed by atoms with E-state index in [2.05, 4.69) is 15.3 Å². The van der Waals surface area contributed by atoms with Crippen molar-refractivity contribution in [3.05, 3.63) is 63.4 Å². The van der Waals surface area contributed by atoms with Crippen LogP contribution in [0.5, 0.6) is 0 Å². The molecule has 25 heavy (non-hydrogen) atoms. The zero-order chi connectivity index (χ0) is 18.1. The molecule has 3 rings (SSSR count). The number of nitrogens with zero attached hydrogens (tertiary/aromatic N) is 1. The van der Waals surface area contributed by atoms with Crippen molar-refractivity contribution in [1.29, 1.82) is 0 Å². The highest BCUT2D eigenvalue weighted by Crippen LogP contribution is 2.28. The molecule has 0 fully saturated rings. The number of H-pyrrole nitrogens is 1. The van der Waals surface area contributed by atoms with E-state index < -0.39 is 0 Å². The first-order valence-electron chi connectivity index (χ1n) is 7.73. The van der Waals surface area contributed by atoms with Gasteiger partial charge in [0.25, 0.3) is 5.91 Å². The first-order chi connectivity index (χ1) is 11.8. The highest BCUT2D eigenvalue weighted by molar-refractivity contribution is 6.42. The highest BCUT2D eigenvalue weighted by Gasteiger charge is 2.18. The minimum absolute atomic E-state index is 0.200. The van der Waals surface area contributed by atoms with Gasteiger partial charge in [-0.1, -0.05) is 29.3 Å². The summed E-state index contributed by atoms with van der Waals surface area (Å²) in [6.07, 6.45) is 1.70. The Morgan fingerprint density at radius 2 is 2.00 bits per heavy atom. The number of aromatic nitrogens is 2. The number of halogens is 2. The van der Waals surface area contributed by atoms with Crippen LogP contribution in [0.25, 0.3) is 11.3 Å². The summed E-state index contributed by atoms with van der Waals surface area (Å²) in [5.74, 6) is 1.75. The Labute approximate surface area is 155 Å². The van der Waals surface area contributed by atoms with Crippen LogP contribution in [-0.2, 0) is 0 Å². The predicted molar refractivity (Wildman–Crippen MR) is 98.1 cm³/mol. The second-order valence-corrected chi connectivity index (χ2v) is 6.65. The number of hydrogen-bond acceptors (Lipinski definition) is 3. The minimum atomic E-state index is -0.293. The molecular weight excluding hydrogens is 361 g/mol. The Morgan fingerprint density at radius 3 is 2.64 bits per heavy atom. The first kappa shape index (κ1) is 17.6. The van der Waals surface area contributed by atoms with Crippen LogP contribution in [0.3, 0.4) is 0 Å². The molecule has 5 nitrogen and oxygen atoms in total. The maximum Gasteiger partial charge on any atom is 0.255 e. The molecule has 0 saturated carbocycles. The van der Waals surface area contributed by atoms with Crippen LogP contribution in [0.15, 0.2) is 34.9 Å². The fourth-order valence-corrected chi connectivity index (χ4v) is 2.86. The lowest BCUT2D eigenvalue weighted by Crippen LogP contribution is -2.27. The van der Waals surface area contributed by atoms with Gasteiger partial charge in [0.05, 0.1) is 33.5 Å². The number of amides is 1. The van der Waals surface area contributed by atoms with Crippen molar-refractivity contribution >= 4 is 29.1 Å². The molecule has 2 aromatic heterocycles. The highest BCUT2D eigenvalue weighted by atomic mass is 35.5. The summed E-state index contributed by atoms with van der Waals surface area (Å²) in [4.78, 5) is 19.9. The van der Waals surface area contributed by atoms with E-state index in [1.807, 2.05) is 19.9 Å². The first-order valence-corrected chi connectivity index (χ1v) is 8.49. The molecule has 0 unspecified atom stereocenters. The van der Waals surface area contributed by atoms with Crippen LogP contribution in [0.2, 0.25) is 10.0 Å². The van der Waals surface area contributed by atoms with Gasteiger partial charge in [-0.2, -0.15) is 0 Å². The molecule has 0 bridgehead atoms. The SMILES string of the molecule is Cc1cc(C(=O)N[C@@H](C)c2ncc(-c3ccc(Cl)c(Cl)c3)[nH]2)c(C)o1. The lowest BCUT2D eigenvalue weighted by molar-refractivity contribution is 0.0937. The molecule has 1 aromatic carbocycles. The molecule has 0 aliphatic heterocycles. The molecule has 2 N–H and O–H groups in total. The summed E-state index contributed by atoms with van der Waals surface area (Å²) in [5.41, 5.74) is 2.19. The maximum atomic E-state index is 12.4. The number of aryl methyl sites for hydroxylation is 2. The third-order valence-corrected chi connectivity index (χ3v) is 4.61. The van der Waals surface area contributed by atoms with E-state index in [0.717, 1.165) is 11.3 Å². The number of carbonyl (C=O) groups excluding carboxylic acids is 1. The largest absolute Gasteiger partial charge is 0.466 e. The van der Waals surface area contributed by atoms with Crippen molar-refractivity contribution in [3.63, 3.8) is 0 Å². The van der Waals surface area contributed by atoms with Crippen molar-refractivity contribution < 1.29 is 9.21 Å². The maximum absolute atomic E-state index is 12.4. The van der Waals surface area contributed by atoms with E-state index in [1.54, 1.807) is 31.3 Å². The quantitative estimate of drug-likeness (QED) is 0.665. The molecule has 1 amide bonds. The number of aromatic amines is 1. The summed E-state index contributed by atoms with van der Waals surface area (Å²) in [5, 5.41) is 3.88. The number of carbonyl (C=O) groups is 1. The van der Waals surface area contributed by atoms with Gasteiger partial charge in [-0.05, 0) is 39.0 Å². The van der Waals surface area contributed by atoms with Gasteiger partial charge in [0, 0.05) is 5.56 Å². The van der Waals surface area contributed by atoms with Crippen molar-refractivity contribution in [3.8, 4) is 11.3 Å². The monoisotopic (exact) mass is 377 g/mol. The van der Waals surface area contributed by atoms with Gasteiger partial charge in [0.1, 0.15) is 17.3 Å². The summed E-state index contributed by atoms with van der Waals surface area (Å²) in [6.45, 7) is 5.43. The fraction of sp³-hybridized carbons (Fsp3) is 0.222. The Hall–Kier alpha value is -2.24. The Kier molecular flexibility index (Phi) is 4.88. The third-order valence-electron chi connectivity index (χ3n) is 3.87. The number of imidazole rings is 1. The summed E-state index contributed by atoms with van der Waals surface area (Å²) in [6, 6.07) is 6.78. The molecule has 2 heterocycles. The number of rotatable bonds is 4. The van der Waals surface area contributed by atoms with Crippen molar-refractivity contribution in [1.82, 2.24) is 15.3 Å². The van der Waals surface area contributed by atoms with Crippen molar-refractivity contribution in [2.45, 2.75) is 26.8 Å². The van der Waals surface area contributed by atoms with Gasteiger partial charge in [-0.3, -0.25) is 4.79 Å². The second kappa shape index (κ2) is 6.94. The average molecular weight is 378 g/mol. The van der Waals surface area contributed by atoms with Gasteiger partial charge in [-0.15, -0.1) is 0 Å². The van der Waals surface area contributed by atoms with E-state index in [1.165, 1.54) is 0 Å². The van der Waals surface area contributed by atoms with E-state index in [0.29, 0.717) is 33.0 Å². The minimum Gasteiger partial charge on any atom is -0.466 e. The van der Waals surface area contributed by atoms with E-state index in [4.69, 9.17) is 27.6 Å². The smallest absolute Gasteiger partial charge is 0.255 e. The Morgan fingerprint density at radius 1 is 1.24 bits per heavy atom. The van der Waals surface area contributed by atoms with Crippen molar-refractivity contribution in [2.75, 3.05) is 0 Å². The average Bonchev–Trinajstić information content (AvgIpc) is 3.16.